The largest absolute Gasteiger partial charge is 0.317 e. The number of carbonyl (C=O) groups is 2. The van der Waals surface area contributed by atoms with Gasteiger partial charge in [-0.3, -0.25) is 9.59 Å². The predicted molar refractivity (Wildman–Crippen MR) is 78.1 cm³/mol. The number of hydrogen-bond donors (Lipinski definition) is 1. The lowest BCUT2D eigenvalue weighted by Crippen LogP contribution is -2.31. The van der Waals surface area contributed by atoms with E-state index in [1.165, 1.54) is 0 Å². The highest BCUT2D eigenvalue weighted by atomic mass is 16.2. The van der Waals surface area contributed by atoms with Gasteiger partial charge in [0, 0.05) is 30.6 Å². The Labute approximate surface area is 119 Å². The van der Waals surface area contributed by atoms with Crippen molar-refractivity contribution < 1.29 is 9.59 Å². The fourth-order valence-corrected chi connectivity index (χ4v) is 3.20. The zero-order valence-corrected chi connectivity index (χ0v) is 11.8. The minimum atomic E-state index is 0.0705. The molecular weight excluding hydrogens is 252 g/mol. The Balaban J connectivity index is 1.82. The number of benzene rings is 1. The molecule has 1 amide bonds. The van der Waals surface area contributed by atoms with Gasteiger partial charge in [0.25, 0.3) is 0 Å². The van der Waals surface area contributed by atoms with Crippen LogP contribution >= 0.6 is 0 Å². The van der Waals surface area contributed by atoms with Crippen molar-refractivity contribution in [2.75, 3.05) is 24.5 Å². The third-order valence-electron chi connectivity index (χ3n) is 4.35. The molecule has 4 heteroatoms. The van der Waals surface area contributed by atoms with Crippen molar-refractivity contribution in [3.8, 4) is 0 Å². The zero-order chi connectivity index (χ0) is 14.1. The Morgan fingerprint density at radius 3 is 2.70 bits per heavy atom. The average Bonchev–Trinajstić information content (AvgIpc) is 2.90. The first-order chi connectivity index (χ1) is 9.66. The summed E-state index contributed by atoms with van der Waals surface area (Å²) in [5.41, 5.74) is 2.90. The van der Waals surface area contributed by atoms with Crippen molar-refractivity contribution >= 4 is 17.4 Å². The lowest BCUT2D eigenvalue weighted by atomic mass is 9.89. The highest BCUT2D eigenvalue weighted by Gasteiger charge is 2.26. The normalized spacial score (nSPS) is 18.9. The summed E-state index contributed by atoms with van der Waals surface area (Å²) in [6.07, 6.45) is 2.70. The van der Waals surface area contributed by atoms with Crippen molar-refractivity contribution in [3.63, 3.8) is 0 Å². The van der Waals surface area contributed by atoms with E-state index in [-0.39, 0.29) is 17.6 Å². The van der Waals surface area contributed by atoms with Crippen molar-refractivity contribution in [2.45, 2.75) is 26.2 Å². The lowest BCUT2D eigenvalue weighted by molar-refractivity contribution is -0.116. The van der Waals surface area contributed by atoms with Crippen LogP contribution in [0.2, 0.25) is 0 Å². The lowest BCUT2D eigenvalue weighted by Gasteiger charge is -2.21. The number of fused-ring (bicyclic) bond motifs is 1. The monoisotopic (exact) mass is 272 g/mol. The predicted octanol–water partition coefficient (Wildman–Crippen LogP) is 1.78. The molecule has 0 radical (unpaired) electrons. The standard InChI is InChI=1S/C16H20N2O2/c1-11(19)18-9-6-13-10-14(2-3-15(13)18)16(20)12-4-7-17-8-5-12/h2-3,10,12,17H,4-9H2,1H3. The molecule has 1 N–H and O–H groups in total. The number of hydrogen-bond acceptors (Lipinski definition) is 3. The van der Waals surface area contributed by atoms with Crippen LogP contribution in [0, 0.1) is 5.92 Å². The molecule has 0 atom stereocenters. The van der Waals surface area contributed by atoms with Crippen LogP contribution < -0.4 is 10.2 Å². The van der Waals surface area contributed by atoms with Crippen molar-refractivity contribution in [2.24, 2.45) is 5.92 Å². The maximum Gasteiger partial charge on any atom is 0.223 e. The van der Waals surface area contributed by atoms with Crippen LogP contribution in [-0.4, -0.2) is 31.3 Å². The molecule has 106 valence electrons. The van der Waals surface area contributed by atoms with Crippen LogP contribution in [0.3, 0.4) is 0 Å². The van der Waals surface area contributed by atoms with Crippen LogP contribution in [0.5, 0.6) is 0 Å². The number of piperidine rings is 1. The van der Waals surface area contributed by atoms with E-state index in [0.717, 1.165) is 55.7 Å². The first-order valence-corrected chi connectivity index (χ1v) is 7.33. The number of carbonyl (C=O) groups excluding carboxylic acids is 2. The van der Waals surface area contributed by atoms with E-state index in [9.17, 15) is 9.59 Å². The quantitative estimate of drug-likeness (QED) is 0.835. The fraction of sp³-hybridized carbons (Fsp3) is 0.500. The van der Waals surface area contributed by atoms with Gasteiger partial charge in [-0.2, -0.15) is 0 Å². The first-order valence-electron chi connectivity index (χ1n) is 7.33. The fourth-order valence-electron chi connectivity index (χ4n) is 3.20. The summed E-state index contributed by atoms with van der Waals surface area (Å²) in [5.74, 6) is 0.483. The molecule has 0 aromatic heterocycles. The van der Waals surface area contributed by atoms with E-state index in [1.807, 2.05) is 18.2 Å². The minimum absolute atomic E-state index is 0.0705. The smallest absolute Gasteiger partial charge is 0.223 e. The van der Waals surface area contributed by atoms with Crippen molar-refractivity contribution in [1.82, 2.24) is 5.32 Å². The summed E-state index contributed by atoms with van der Waals surface area (Å²) >= 11 is 0. The Morgan fingerprint density at radius 1 is 1.25 bits per heavy atom. The average molecular weight is 272 g/mol. The molecule has 1 fully saturated rings. The highest BCUT2D eigenvalue weighted by molar-refractivity contribution is 6.00. The van der Waals surface area contributed by atoms with E-state index in [4.69, 9.17) is 0 Å². The third-order valence-corrected chi connectivity index (χ3v) is 4.35. The number of rotatable bonds is 2. The molecule has 0 aliphatic carbocycles. The number of ketones is 1. The second-order valence-electron chi connectivity index (χ2n) is 5.65. The molecule has 2 heterocycles. The first kappa shape index (κ1) is 13.3. The Bertz CT molecular complexity index is 547. The van der Waals surface area contributed by atoms with Gasteiger partial charge in [0.1, 0.15) is 0 Å². The Morgan fingerprint density at radius 2 is 2.00 bits per heavy atom. The zero-order valence-electron chi connectivity index (χ0n) is 11.8. The van der Waals surface area contributed by atoms with Gasteiger partial charge in [-0.1, -0.05) is 0 Å². The van der Waals surface area contributed by atoms with Gasteiger partial charge in [-0.25, -0.2) is 0 Å². The number of nitrogens with zero attached hydrogens (tertiary/aromatic N) is 1. The maximum absolute atomic E-state index is 12.5. The molecule has 2 aliphatic heterocycles. The number of anilines is 1. The van der Waals surface area contributed by atoms with E-state index < -0.39 is 0 Å². The van der Waals surface area contributed by atoms with Crippen LogP contribution in [-0.2, 0) is 11.2 Å². The number of amides is 1. The summed E-state index contributed by atoms with van der Waals surface area (Å²) < 4.78 is 0. The molecule has 3 rings (SSSR count). The molecule has 1 aromatic rings. The van der Waals surface area contributed by atoms with Crippen LogP contribution in [0.1, 0.15) is 35.7 Å². The summed E-state index contributed by atoms with van der Waals surface area (Å²) in [5, 5.41) is 3.28. The van der Waals surface area contributed by atoms with Gasteiger partial charge in [0.15, 0.2) is 5.78 Å². The van der Waals surface area contributed by atoms with E-state index in [1.54, 1.807) is 11.8 Å². The third kappa shape index (κ3) is 2.36. The molecule has 0 spiro atoms. The van der Waals surface area contributed by atoms with Crippen LogP contribution in [0.25, 0.3) is 0 Å². The topological polar surface area (TPSA) is 49.4 Å². The number of Topliss-reactive ketones (excluding diaryl/α,β-unsaturated/α-hetero) is 1. The van der Waals surface area contributed by atoms with Crippen molar-refractivity contribution in [1.29, 1.82) is 0 Å². The van der Waals surface area contributed by atoms with E-state index in [2.05, 4.69) is 5.32 Å². The minimum Gasteiger partial charge on any atom is -0.317 e. The second kappa shape index (κ2) is 5.37. The maximum atomic E-state index is 12.5. The summed E-state index contributed by atoms with van der Waals surface area (Å²) in [6.45, 7) is 4.18. The summed E-state index contributed by atoms with van der Waals surface area (Å²) in [7, 11) is 0. The van der Waals surface area contributed by atoms with Crippen LogP contribution in [0.15, 0.2) is 18.2 Å². The molecule has 0 bridgehead atoms. The molecule has 0 unspecified atom stereocenters. The molecule has 4 nitrogen and oxygen atoms in total. The summed E-state index contributed by atoms with van der Waals surface area (Å²) in [4.78, 5) is 25.8. The van der Waals surface area contributed by atoms with Gasteiger partial charge in [-0.15, -0.1) is 0 Å². The van der Waals surface area contributed by atoms with Gasteiger partial charge < -0.3 is 10.2 Å². The van der Waals surface area contributed by atoms with Gasteiger partial charge in [-0.05, 0) is 56.1 Å². The molecule has 20 heavy (non-hydrogen) atoms. The van der Waals surface area contributed by atoms with E-state index in [0.29, 0.717) is 0 Å². The van der Waals surface area contributed by atoms with Crippen molar-refractivity contribution in [3.05, 3.63) is 29.3 Å². The van der Waals surface area contributed by atoms with Crippen LogP contribution in [0.4, 0.5) is 5.69 Å². The van der Waals surface area contributed by atoms with Gasteiger partial charge in [0.05, 0.1) is 0 Å². The Hall–Kier alpha value is -1.68. The second-order valence-corrected chi connectivity index (χ2v) is 5.65. The van der Waals surface area contributed by atoms with E-state index >= 15 is 0 Å². The highest BCUT2D eigenvalue weighted by Crippen LogP contribution is 2.30. The Kier molecular flexibility index (Phi) is 3.57. The molecule has 1 aromatic carbocycles. The van der Waals surface area contributed by atoms with Gasteiger partial charge >= 0.3 is 0 Å². The molecule has 1 saturated heterocycles. The number of nitrogens with one attached hydrogen (secondary N) is 1. The molecule has 2 aliphatic rings. The summed E-state index contributed by atoms with van der Waals surface area (Å²) in [6, 6.07) is 5.80. The SMILES string of the molecule is CC(=O)N1CCc2cc(C(=O)C3CCNCC3)ccc21. The molecular formula is C16H20N2O2. The van der Waals surface area contributed by atoms with Gasteiger partial charge in [0.2, 0.25) is 5.91 Å². The molecule has 0 saturated carbocycles.